The second-order valence-corrected chi connectivity index (χ2v) is 12.6. The van der Waals surface area contributed by atoms with Crippen molar-refractivity contribution in [3.8, 4) is 22.3 Å². The van der Waals surface area contributed by atoms with E-state index in [9.17, 15) is 0 Å². The highest BCUT2D eigenvalue weighted by atomic mass is 14.2. The van der Waals surface area contributed by atoms with Crippen LogP contribution >= 0.6 is 0 Å². The molecule has 0 N–H and O–H groups in total. The highest BCUT2D eigenvalue weighted by molar-refractivity contribution is 6.25. The predicted molar refractivity (Wildman–Crippen MR) is 184 cm³/mol. The maximum Gasteiger partial charge on any atom is -0.00201 e. The fourth-order valence-corrected chi connectivity index (χ4v) is 6.87. The van der Waals surface area contributed by atoms with E-state index >= 15 is 0 Å². The highest BCUT2D eigenvalue weighted by Gasteiger charge is 2.19. The zero-order valence-electron chi connectivity index (χ0n) is 24.3. The summed E-state index contributed by atoms with van der Waals surface area (Å²) in [5.74, 6) is 0. The Morgan fingerprint density at radius 3 is 1.52 bits per heavy atom. The van der Waals surface area contributed by atoms with E-state index in [-0.39, 0.29) is 5.41 Å². The van der Waals surface area contributed by atoms with Gasteiger partial charge in [-0.05, 0) is 99.2 Å². The van der Waals surface area contributed by atoms with Crippen molar-refractivity contribution in [1.29, 1.82) is 0 Å². The van der Waals surface area contributed by atoms with E-state index in [0.29, 0.717) is 0 Å². The van der Waals surface area contributed by atoms with Gasteiger partial charge in [0.1, 0.15) is 0 Å². The molecule has 42 heavy (non-hydrogen) atoms. The van der Waals surface area contributed by atoms with E-state index in [0.717, 1.165) is 0 Å². The van der Waals surface area contributed by atoms with Crippen LogP contribution in [0, 0.1) is 0 Å². The van der Waals surface area contributed by atoms with Crippen LogP contribution < -0.4 is 0 Å². The average molecular weight is 537 g/mol. The SMILES string of the molecule is CC(C)(C)c1ccc(-c2c3ccccc3c(-c3cccc4c3ccc3cc5ccccc5cc34)c3ccccc23)cc1. The molecule has 8 aromatic rings. The molecule has 0 aliphatic carbocycles. The Morgan fingerprint density at radius 1 is 0.357 bits per heavy atom. The van der Waals surface area contributed by atoms with Crippen LogP contribution in [-0.4, -0.2) is 0 Å². The van der Waals surface area contributed by atoms with E-state index in [4.69, 9.17) is 0 Å². The molecule has 0 saturated heterocycles. The number of benzene rings is 8. The molecule has 0 saturated carbocycles. The van der Waals surface area contributed by atoms with Crippen molar-refractivity contribution in [2.24, 2.45) is 0 Å². The van der Waals surface area contributed by atoms with E-state index < -0.39 is 0 Å². The summed E-state index contributed by atoms with van der Waals surface area (Å²) in [7, 11) is 0. The van der Waals surface area contributed by atoms with Crippen molar-refractivity contribution in [3.05, 3.63) is 145 Å². The van der Waals surface area contributed by atoms with E-state index in [1.54, 1.807) is 0 Å². The van der Waals surface area contributed by atoms with Gasteiger partial charge in [-0.2, -0.15) is 0 Å². The lowest BCUT2D eigenvalue weighted by atomic mass is 9.83. The zero-order valence-corrected chi connectivity index (χ0v) is 24.3. The summed E-state index contributed by atoms with van der Waals surface area (Å²) >= 11 is 0. The number of hydrogen-bond acceptors (Lipinski definition) is 0. The minimum atomic E-state index is 0.122. The van der Waals surface area contributed by atoms with Crippen LogP contribution in [0.15, 0.2) is 140 Å². The molecule has 8 rings (SSSR count). The zero-order chi connectivity index (χ0) is 28.4. The Hall–Kier alpha value is -4.94. The molecule has 0 heterocycles. The van der Waals surface area contributed by atoms with Crippen LogP contribution in [0.2, 0.25) is 0 Å². The minimum Gasteiger partial charge on any atom is -0.0616 e. The van der Waals surface area contributed by atoms with Crippen LogP contribution in [-0.2, 0) is 5.41 Å². The molecule has 200 valence electrons. The van der Waals surface area contributed by atoms with Crippen LogP contribution in [0.5, 0.6) is 0 Å². The molecule has 0 atom stereocenters. The smallest absolute Gasteiger partial charge is 0.00201 e. The first kappa shape index (κ1) is 24.8. The molecule has 0 radical (unpaired) electrons. The van der Waals surface area contributed by atoms with Crippen LogP contribution in [0.25, 0.3) is 76.1 Å². The van der Waals surface area contributed by atoms with E-state index in [2.05, 4.69) is 160 Å². The molecule has 0 unspecified atom stereocenters. The standard InChI is InChI=1S/C42H32/c1-42(2,3)31-22-19-27(20-23-31)40-35-13-6-8-15-37(35)41(38-16-9-7-14-36(38)40)34-18-10-17-32-33(34)24-21-30-25-28-11-4-5-12-29(28)26-39(30)32/h4-26H,1-3H3. The Morgan fingerprint density at radius 2 is 0.905 bits per heavy atom. The van der Waals surface area contributed by atoms with E-state index in [1.165, 1.54) is 81.7 Å². The van der Waals surface area contributed by atoms with Gasteiger partial charge >= 0.3 is 0 Å². The topological polar surface area (TPSA) is 0 Å². The second-order valence-electron chi connectivity index (χ2n) is 12.6. The first-order valence-electron chi connectivity index (χ1n) is 14.9. The molecule has 0 spiro atoms. The van der Waals surface area contributed by atoms with Gasteiger partial charge in [0.25, 0.3) is 0 Å². The third-order valence-electron chi connectivity index (χ3n) is 8.98. The number of fused-ring (bicyclic) bond motifs is 6. The van der Waals surface area contributed by atoms with Gasteiger partial charge in [-0.25, -0.2) is 0 Å². The molecule has 0 aromatic heterocycles. The van der Waals surface area contributed by atoms with Crippen LogP contribution in [0.4, 0.5) is 0 Å². The van der Waals surface area contributed by atoms with Crippen LogP contribution in [0.3, 0.4) is 0 Å². The first-order chi connectivity index (χ1) is 20.5. The summed E-state index contributed by atoms with van der Waals surface area (Å²) in [6.45, 7) is 6.83. The number of hydrogen-bond donors (Lipinski definition) is 0. The quantitative estimate of drug-likeness (QED) is 0.152. The van der Waals surface area contributed by atoms with Gasteiger partial charge in [-0.1, -0.05) is 148 Å². The van der Waals surface area contributed by atoms with Crippen molar-refractivity contribution >= 4 is 53.9 Å². The fraction of sp³-hybridized carbons (Fsp3) is 0.0952. The molecule has 0 heteroatoms. The summed E-state index contributed by atoms with van der Waals surface area (Å²) < 4.78 is 0. The summed E-state index contributed by atoms with van der Waals surface area (Å²) in [5.41, 5.74) is 6.64. The normalized spacial score (nSPS) is 12.2. The minimum absolute atomic E-state index is 0.122. The lowest BCUT2D eigenvalue weighted by molar-refractivity contribution is 0.590. The molecular formula is C42H32. The molecule has 0 bridgehead atoms. The van der Waals surface area contributed by atoms with E-state index in [1.807, 2.05) is 0 Å². The summed E-state index contributed by atoms with van der Waals surface area (Å²) in [4.78, 5) is 0. The van der Waals surface area contributed by atoms with Gasteiger partial charge in [0, 0.05) is 0 Å². The van der Waals surface area contributed by atoms with Gasteiger partial charge in [-0.15, -0.1) is 0 Å². The first-order valence-corrected chi connectivity index (χ1v) is 14.9. The Bertz CT molecular complexity index is 2250. The Labute approximate surface area is 246 Å². The molecule has 0 amide bonds. The maximum atomic E-state index is 2.36. The third-order valence-corrected chi connectivity index (χ3v) is 8.98. The molecule has 0 nitrogen and oxygen atoms in total. The summed E-state index contributed by atoms with van der Waals surface area (Å²) in [5, 5.41) is 12.9. The van der Waals surface area contributed by atoms with Crippen LogP contribution in [0.1, 0.15) is 26.3 Å². The molecular weight excluding hydrogens is 504 g/mol. The third kappa shape index (κ3) is 3.83. The van der Waals surface area contributed by atoms with Gasteiger partial charge < -0.3 is 0 Å². The van der Waals surface area contributed by atoms with Gasteiger partial charge in [-0.3, -0.25) is 0 Å². The van der Waals surface area contributed by atoms with Crippen molar-refractivity contribution in [2.45, 2.75) is 26.2 Å². The Balaban J connectivity index is 1.45. The predicted octanol–water partition coefficient (Wildman–Crippen LogP) is 12.1. The lowest BCUT2D eigenvalue weighted by Gasteiger charge is -2.21. The Kier molecular flexibility index (Phi) is 5.49. The molecule has 0 aliphatic rings. The maximum absolute atomic E-state index is 2.36. The molecule has 8 aromatic carbocycles. The van der Waals surface area contributed by atoms with Crippen molar-refractivity contribution < 1.29 is 0 Å². The molecule has 0 aliphatic heterocycles. The van der Waals surface area contributed by atoms with Gasteiger partial charge in [0.05, 0.1) is 0 Å². The lowest BCUT2D eigenvalue weighted by Crippen LogP contribution is -2.10. The molecule has 0 fully saturated rings. The van der Waals surface area contributed by atoms with Crippen molar-refractivity contribution in [2.75, 3.05) is 0 Å². The monoisotopic (exact) mass is 536 g/mol. The van der Waals surface area contributed by atoms with Gasteiger partial charge in [0.15, 0.2) is 0 Å². The number of rotatable bonds is 2. The summed E-state index contributed by atoms with van der Waals surface area (Å²) in [6.07, 6.45) is 0. The summed E-state index contributed by atoms with van der Waals surface area (Å²) in [6, 6.07) is 51.9. The van der Waals surface area contributed by atoms with Crippen molar-refractivity contribution in [3.63, 3.8) is 0 Å². The fourth-order valence-electron chi connectivity index (χ4n) is 6.87. The van der Waals surface area contributed by atoms with Gasteiger partial charge in [0.2, 0.25) is 0 Å². The largest absolute Gasteiger partial charge is 0.0616 e. The average Bonchev–Trinajstić information content (AvgIpc) is 3.02. The second kappa shape index (κ2) is 9.29. The van der Waals surface area contributed by atoms with Crippen molar-refractivity contribution in [1.82, 2.24) is 0 Å². The highest BCUT2D eigenvalue weighted by Crippen LogP contribution is 2.46.